The largest absolute Gasteiger partial charge is 0.489 e. The summed E-state index contributed by atoms with van der Waals surface area (Å²) in [7, 11) is 2.47. The van der Waals surface area contributed by atoms with Gasteiger partial charge in [0.15, 0.2) is 17.4 Å². The minimum absolute atomic E-state index is 0.0144. The molecule has 1 fully saturated rings. The number of hydrogen-bond donors (Lipinski definition) is 5. The second-order valence-corrected chi connectivity index (χ2v) is 7.79. The number of aromatic nitrogens is 4. The van der Waals surface area contributed by atoms with Crippen molar-refractivity contribution in [2.24, 2.45) is 0 Å². The maximum Gasteiger partial charge on any atom is 0.280 e. The zero-order chi connectivity index (χ0) is 25.6. The van der Waals surface area contributed by atoms with E-state index < -0.39 is 48.3 Å². The van der Waals surface area contributed by atoms with Crippen LogP contribution in [0.25, 0.3) is 17.2 Å². The SMILES string of the molecule is COC1=C(OC)C(=O)C(/C=C/c2nc3c(=O)[nH]c(N)nc3n2[C@@H]2O[C@H](CO)[C@@H](O)[C@H]2O)=C(C)C1=O. The summed E-state index contributed by atoms with van der Waals surface area (Å²) in [6, 6.07) is 0. The molecule has 2 aromatic rings. The van der Waals surface area contributed by atoms with Crippen molar-refractivity contribution in [1.82, 2.24) is 19.5 Å². The standard InChI is InChI=1S/C21H23N5O9/c1-7-8(13(29)17(34-3)16(33-2)12(7)28)4-5-10-23-11-18(24-21(22)25-19(11)32)26(10)20-15(31)14(30)9(6-27)35-20/h4-5,9,14-15,20,27,30-31H,6H2,1-3H3,(H3,22,24,25,32)/b5-4+/t9-,14-,15-,20-/m1/s1. The predicted molar refractivity (Wildman–Crippen MR) is 118 cm³/mol. The molecule has 0 radical (unpaired) electrons. The fourth-order valence-corrected chi connectivity index (χ4v) is 4.00. The normalized spacial score (nSPS) is 25.4. The Morgan fingerprint density at radius 3 is 2.34 bits per heavy atom. The van der Waals surface area contributed by atoms with Gasteiger partial charge in [0, 0.05) is 11.1 Å². The molecule has 0 unspecified atom stereocenters. The van der Waals surface area contributed by atoms with Crippen LogP contribution in [0.1, 0.15) is 19.0 Å². The molecule has 1 saturated heterocycles. The molecule has 14 heteroatoms. The molecule has 14 nitrogen and oxygen atoms in total. The van der Waals surface area contributed by atoms with E-state index in [0.29, 0.717) is 0 Å². The summed E-state index contributed by atoms with van der Waals surface area (Å²) in [4.78, 5) is 48.6. The number of imidazole rings is 1. The van der Waals surface area contributed by atoms with Gasteiger partial charge in [-0.05, 0) is 19.1 Å². The van der Waals surface area contributed by atoms with Gasteiger partial charge in [0.1, 0.15) is 24.1 Å². The third-order valence-corrected chi connectivity index (χ3v) is 5.78. The highest BCUT2D eigenvalue weighted by Crippen LogP contribution is 2.33. The fourth-order valence-electron chi connectivity index (χ4n) is 4.00. The Labute approximate surface area is 196 Å². The zero-order valence-electron chi connectivity index (χ0n) is 18.9. The van der Waals surface area contributed by atoms with Crippen LogP contribution in [-0.4, -0.2) is 85.5 Å². The van der Waals surface area contributed by atoms with E-state index in [1.54, 1.807) is 0 Å². The third kappa shape index (κ3) is 3.81. The molecule has 4 rings (SSSR count). The number of fused-ring (bicyclic) bond motifs is 1. The van der Waals surface area contributed by atoms with Gasteiger partial charge in [0.2, 0.25) is 29.0 Å². The van der Waals surface area contributed by atoms with E-state index >= 15 is 0 Å². The van der Waals surface area contributed by atoms with Crippen LogP contribution in [0.5, 0.6) is 0 Å². The molecule has 0 spiro atoms. The summed E-state index contributed by atoms with van der Waals surface area (Å²) in [5.74, 6) is -1.92. The van der Waals surface area contributed by atoms with Gasteiger partial charge >= 0.3 is 0 Å². The van der Waals surface area contributed by atoms with Gasteiger partial charge in [0.25, 0.3) is 5.56 Å². The Kier molecular flexibility index (Phi) is 6.29. The van der Waals surface area contributed by atoms with Crippen molar-refractivity contribution in [1.29, 1.82) is 0 Å². The molecular formula is C21H23N5O9. The van der Waals surface area contributed by atoms with Crippen molar-refractivity contribution < 1.29 is 39.1 Å². The van der Waals surface area contributed by atoms with Gasteiger partial charge in [-0.3, -0.25) is 23.9 Å². The molecule has 2 aliphatic rings. The molecule has 3 heterocycles. The lowest BCUT2D eigenvalue weighted by Gasteiger charge is -2.19. The molecule has 0 saturated carbocycles. The number of anilines is 1. The van der Waals surface area contributed by atoms with Crippen LogP contribution in [0, 0.1) is 0 Å². The zero-order valence-corrected chi connectivity index (χ0v) is 18.9. The fraction of sp³-hybridized carbons (Fsp3) is 0.381. The van der Waals surface area contributed by atoms with E-state index in [1.165, 1.54) is 37.9 Å². The van der Waals surface area contributed by atoms with Crippen LogP contribution in [0.2, 0.25) is 0 Å². The smallest absolute Gasteiger partial charge is 0.280 e. The van der Waals surface area contributed by atoms with Crippen molar-refractivity contribution in [3.05, 3.63) is 44.9 Å². The molecule has 4 atom stereocenters. The molecule has 35 heavy (non-hydrogen) atoms. The number of Topliss-reactive ketones (excluding diaryl/α,β-unsaturated/α-hetero) is 2. The van der Waals surface area contributed by atoms with Crippen LogP contribution >= 0.6 is 0 Å². The van der Waals surface area contributed by atoms with Crippen LogP contribution in [0.15, 0.2) is 33.5 Å². The highest BCUT2D eigenvalue weighted by molar-refractivity contribution is 6.24. The number of rotatable bonds is 6. The summed E-state index contributed by atoms with van der Waals surface area (Å²) < 4.78 is 16.9. The summed E-state index contributed by atoms with van der Waals surface area (Å²) in [6.45, 7) is 0.854. The summed E-state index contributed by atoms with van der Waals surface area (Å²) in [5.41, 5.74) is 4.83. The Hall–Kier alpha value is -3.85. The molecule has 6 N–H and O–H groups in total. The molecule has 0 amide bonds. The maximum absolute atomic E-state index is 12.9. The number of nitrogen functional groups attached to an aromatic ring is 1. The molecular weight excluding hydrogens is 466 g/mol. The lowest BCUT2D eigenvalue weighted by atomic mass is 9.93. The number of ether oxygens (including phenoxy) is 3. The lowest BCUT2D eigenvalue weighted by molar-refractivity contribution is -0.120. The van der Waals surface area contributed by atoms with E-state index in [1.807, 2.05) is 0 Å². The first kappa shape index (κ1) is 24.3. The lowest BCUT2D eigenvalue weighted by Crippen LogP contribution is -2.33. The number of methoxy groups -OCH3 is 2. The molecule has 1 aliphatic carbocycles. The van der Waals surface area contributed by atoms with E-state index in [9.17, 15) is 29.7 Å². The highest BCUT2D eigenvalue weighted by atomic mass is 16.6. The Balaban J connectivity index is 1.86. The van der Waals surface area contributed by atoms with Gasteiger partial charge in [-0.2, -0.15) is 4.98 Å². The monoisotopic (exact) mass is 489 g/mol. The second-order valence-electron chi connectivity index (χ2n) is 7.79. The molecule has 0 bridgehead atoms. The van der Waals surface area contributed by atoms with E-state index in [0.717, 1.165) is 0 Å². The minimum Gasteiger partial charge on any atom is -0.489 e. The Morgan fingerprint density at radius 1 is 1.09 bits per heavy atom. The van der Waals surface area contributed by atoms with Crippen molar-refractivity contribution in [2.75, 3.05) is 26.6 Å². The summed E-state index contributed by atoms with van der Waals surface area (Å²) in [6.07, 6.45) is -2.80. The number of aliphatic hydroxyl groups is 3. The third-order valence-electron chi connectivity index (χ3n) is 5.78. The first-order chi connectivity index (χ1) is 16.6. The van der Waals surface area contributed by atoms with Crippen LogP contribution in [0.3, 0.4) is 0 Å². The number of nitrogens with zero attached hydrogens (tertiary/aromatic N) is 3. The number of carbonyl (C=O) groups excluding carboxylic acids is 2. The topological polar surface area (TPSA) is 212 Å². The van der Waals surface area contributed by atoms with Gasteiger partial charge in [-0.25, -0.2) is 4.98 Å². The number of nitrogens with two attached hydrogens (primary N) is 1. The number of aliphatic hydroxyl groups excluding tert-OH is 3. The van der Waals surface area contributed by atoms with Gasteiger partial charge in [-0.1, -0.05) is 0 Å². The Bertz CT molecular complexity index is 1370. The van der Waals surface area contributed by atoms with Crippen molar-refractivity contribution in [2.45, 2.75) is 31.5 Å². The first-order valence-electron chi connectivity index (χ1n) is 10.3. The van der Waals surface area contributed by atoms with E-state index in [-0.39, 0.29) is 45.6 Å². The molecule has 0 aromatic carbocycles. The van der Waals surface area contributed by atoms with E-state index in [2.05, 4.69) is 15.0 Å². The van der Waals surface area contributed by atoms with Crippen molar-refractivity contribution in [3.8, 4) is 0 Å². The predicted octanol–water partition coefficient (Wildman–Crippen LogP) is -1.70. The number of H-pyrrole nitrogens is 1. The van der Waals surface area contributed by atoms with Crippen LogP contribution in [-0.2, 0) is 23.8 Å². The van der Waals surface area contributed by atoms with Crippen molar-refractivity contribution >= 4 is 34.8 Å². The number of aromatic amines is 1. The van der Waals surface area contributed by atoms with E-state index in [4.69, 9.17) is 19.9 Å². The number of carbonyl (C=O) groups is 2. The highest BCUT2D eigenvalue weighted by Gasteiger charge is 2.45. The molecule has 2 aromatic heterocycles. The first-order valence-corrected chi connectivity index (χ1v) is 10.3. The minimum atomic E-state index is -1.52. The van der Waals surface area contributed by atoms with Gasteiger partial charge in [0.05, 0.1) is 20.8 Å². The van der Waals surface area contributed by atoms with Crippen molar-refractivity contribution in [3.63, 3.8) is 0 Å². The number of nitrogens with one attached hydrogen (secondary N) is 1. The van der Waals surface area contributed by atoms with Gasteiger partial charge in [-0.15, -0.1) is 0 Å². The van der Waals surface area contributed by atoms with Crippen LogP contribution < -0.4 is 11.3 Å². The Morgan fingerprint density at radius 2 is 1.74 bits per heavy atom. The molecule has 1 aliphatic heterocycles. The number of ketones is 2. The number of hydrogen-bond acceptors (Lipinski definition) is 12. The average Bonchev–Trinajstić information content (AvgIpc) is 3.32. The summed E-state index contributed by atoms with van der Waals surface area (Å²) in [5, 5.41) is 30.2. The maximum atomic E-state index is 12.9. The molecule has 186 valence electrons. The van der Waals surface area contributed by atoms with Gasteiger partial charge < -0.3 is 35.3 Å². The number of allylic oxidation sites excluding steroid dienone is 3. The second kappa shape index (κ2) is 9.07. The quantitative estimate of drug-likeness (QED) is 0.287. The summed E-state index contributed by atoms with van der Waals surface area (Å²) >= 11 is 0. The van der Waals surface area contributed by atoms with Crippen LogP contribution in [0.4, 0.5) is 5.95 Å². The average molecular weight is 489 g/mol.